The van der Waals surface area contributed by atoms with E-state index < -0.39 is 15.7 Å². The second-order valence-corrected chi connectivity index (χ2v) is 7.99. The summed E-state index contributed by atoms with van der Waals surface area (Å²) in [5, 5.41) is 3.21. The minimum absolute atomic E-state index is 0.0208. The van der Waals surface area contributed by atoms with Gasteiger partial charge in [-0.3, -0.25) is 4.79 Å². The van der Waals surface area contributed by atoms with Crippen molar-refractivity contribution in [2.24, 2.45) is 0 Å². The van der Waals surface area contributed by atoms with Gasteiger partial charge in [0.05, 0.1) is 22.1 Å². The number of halogens is 2. The van der Waals surface area contributed by atoms with E-state index in [-0.39, 0.29) is 28.6 Å². The highest BCUT2D eigenvalue weighted by atomic mass is 35.5. The van der Waals surface area contributed by atoms with Crippen molar-refractivity contribution in [3.63, 3.8) is 0 Å². The SMILES string of the molecule is O=C(NCCS(=O)(=O)Cc1ccccc1)c1ccc(Cl)cc1Cl. The van der Waals surface area contributed by atoms with Crippen LogP contribution in [0.2, 0.25) is 10.0 Å². The summed E-state index contributed by atoms with van der Waals surface area (Å²) in [5.41, 5.74) is 0.982. The number of carbonyl (C=O) groups excluding carboxylic acids is 1. The lowest BCUT2D eigenvalue weighted by molar-refractivity contribution is 0.0956. The fourth-order valence-electron chi connectivity index (χ4n) is 1.99. The van der Waals surface area contributed by atoms with Crippen LogP contribution in [0.1, 0.15) is 15.9 Å². The Bertz CT molecular complexity index is 792. The molecular formula is C16H15Cl2NO3S. The summed E-state index contributed by atoms with van der Waals surface area (Å²) in [4.78, 5) is 12.0. The molecule has 0 aliphatic carbocycles. The molecule has 0 saturated heterocycles. The van der Waals surface area contributed by atoms with Crippen LogP contribution in [0, 0.1) is 0 Å². The van der Waals surface area contributed by atoms with Crippen LogP contribution < -0.4 is 5.32 Å². The number of amides is 1. The summed E-state index contributed by atoms with van der Waals surface area (Å²) in [6, 6.07) is 13.4. The average Bonchev–Trinajstić information content (AvgIpc) is 2.47. The van der Waals surface area contributed by atoms with Crippen molar-refractivity contribution in [3.8, 4) is 0 Å². The summed E-state index contributed by atoms with van der Waals surface area (Å²) >= 11 is 11.7. The quantitative estimate of drug-likeness (QED) is 0.846. The Labute approximate surface area is 145 Å². The number of hydrogen-bond donors (Lipinski definition) is 1. The first-order valence-electron chi connectivity index (χ1n) is 6.85. The van der Waals surface area contributed by atoms with Crippen LogP contribution in [-0.4, -0.2) is 26.6 Å². The molecule has 2 aromatic carbocycles. The van der Waals surface area contributed by atoms with E-state index in [1.807, 2.05) is 6.07 Å². The maximum absolute atomic E-state index is 12.0. The number of rotatable bonds is 6. The molecule has 0 radical (unpaired) electrons. The van der Waals surface area contributed by atoms with Crippen LogP contribution in [0.5, 0.6) is 0 Å². The molecule has 4 nitrogen and oxygen atoms in total. The minimum Gasteiger partial charge on any atom is -0.351 e. The molecule has 0 unspecified atom stereocenters. The standard InChI is InChI=1S/C16H15Cl2NO3S/c17-13-6-7-14(15(18)10-13)16(20)19-8-9-23(21,22)11-12-4-2-1-3-5-12/h1-7,10H,8-9,11H2,(H,19,20). The number of nitrogens with one attached hydrogen (secondary N) is 1. The van der Waals surface area contributed by atoms with E-state index >= 15 is 0 Å². The third-order valence-corrected chi connectivity index (χ3v) is 5.25. The van der Waals surface area contributed by atoms with Crippen LogP contribution >= 0.6 is 23.2 Å². The van der Waals surface area contributed by atoms with Crippen molar-refractivity contribution in [3.05, 3.63) is 69.7 Å². The summed E-state index contributed by atoms with van der Waals surface area (Å²) in [6.45, 7) is 0.0208. The van der Waals surface area contributed by atoms with Crippen LogP contribution in [0.15, 0.2) is 48.5 Å². The molecule has 0 fully saturated rings. The fraction of sp³-hybridized carbons (Fsp3) is 0.188. The zero-order chi connectivity index (χ0) is 16.9. The number of carbonyl (C=O) groups is 1. The first kappa shape index (κ1) is 17.8. The number of sulfone groups is 1. The van der Waals surface area contributed by atoms with Gasteiger partial charge in [-0.1, -0.05) is 53.5 Å². The fourth-order valence-corrected chi connectivity index (χ4v) is 3.74. The van der Waals surface area contributed by atoms with E-state index in [0.29, 0.717) is 5.02 Å². The van der Waals surface area contributed by atoms with Crippen LogP contribution in [0.25, 0.3) is 0 Å². The molecular weight excluding hydrogens is 357 g/mol. The van der Waals surface area contributed by atoms with Gasteiger partial charge in [0.25, 0.3) is 5.91 Å². The molecule has 0 aliphatic heterocycles. The predicted molar refractivity (Wildman–Crippen MR) is 92.7 cm³/mol. The van der Waals surface area contributed by atoms with Crippen molar-refractivity contribution in [2.75, 3.05) is 12.3 Å². The second-order valence-electron chi connectivity index (χ2n) is 4.96. The van der Waals surface area contributed by atoms with Gasteiger partial charge in [0, 0.05) is 11.6 Å². The second kappa shape index (κ2) is 7.81. The van der Waals surface area contributed by atoms with Crippen LogP contribution in [0.4, 0.5) is 0 Å². The van der Waals surface area contributed by atoms with Gasteiger partial charge < -0.3 is 5.32 Å². The van der Waals surface area contributed by atoms with Gasteiger partial charge in [-0.25, -0.2) is 8.42 Å². The molecule has 23 heavy (non-hydrogen) atoms. The topological polar surface area (TPSA) is 63.2 Å². The molecule has 0 atom stereocenters. The molecule has 2 aromatic rings. The minimum atomic E-state index is -3.30. The van der Waals surface area contributed by atoms with Crippen molar-refractivity contribution in [1.29, 1.82) is 0 Å². The van der Waals surface area contributed by atoms with Crippen LogP contribution in [-0.2, 0) is 15.6 Å². The van der Waals surface area contributed by atoms with E-state index in [1.54, 1.807) is 30.3 Å². The van der Waals surface area contributed by atoms with Gasteiger partial charge in [0.15, 0.2) is 9.84 Å². The molecule has 0 heterocycles. The maximum atomic E-state index is 12.0. The Morgan fingerprint density at radius 1 is 1.04 bits per heavy atom. The van der Waals surface area contributed by atoms with E-state index in [2.05, 4.69) is 5.32 Å². The smallest absolute Gasteiger partial charge is 0.252 e. The van der Waals surface area contributed by atoms with Crippen molar-refractivity contribution in [1.82, 2.24) is 5.32 Å². The highest BCUT2D eigenvalue weighted by Crippen LogP contribution is 2.20. The maximum Gasteiger partial charge on any atom is 0.252 e. The molecule has 122 valence electrons. The zero-order valence-electron chi connectivity index (χ0n) is 12.1. The van der Waals surface area contributed by atoms with E-state index in [0.717, 1.165) is 5.56 Å². The van der Waals surface area contributed by atoms with E-state index in [1.165, 1.54) is 12.1 Å². The summed E-state index contributed by atoms with van der Waals surface area (Å²) in [7, 11) is -3.30. The zero-order valence-corrected chi connectivity index (χ0v) is 14.5. The molecule has 2 rings (SSSR count). The number of hydrogen-bond acceptors (Lipinski definition) is 3. The average molecular weight is 372 g/mol. The molecule has 1 N–H and O–H groups in total. The van der Waals surface area contributed by atoms with Gasteiger partial charge in [-0.2, -0.15) is 0 Å². The van der Waals surface area contributed by atoms with Crippen molar-refractivity contribution >= 4 is 38.9 Å². The van der Waals surface area contributed by atoms with E-state index in [9.17, 15) is 13.2 Å². The third kappa shape index (κ3) is 5.53. The Morgan fingerprint density at radius 2 is 1.74 bits per heavy atom. The molecule has 0 bridgehead atoms. The Kier molecular flexibility index (Phi) is 6.04. The lowest BCUT2D eigenvalue weighted by atomic mass is 10.2. The summed E-state index contributed by atoms with van der Waals surface area (Å²) in [5.74, 6) is -0.619. The third-order valence-electron chi connectivity index (χ3n) is 3.10. The highest BCUT2D eigenvalue weighted by molar-refractivity contribution is 7.90. The van der Waals surface area contributed by atoms with Gasteiger partial charge in [-0.15, -0.1) is 0 Å². The lowest BCUT2D eigenvalue weighted by Crippen LogP contribution is -2.29. The Hall–Kier alpha value is -1.56. The van der Waals surface area contributed by atoms with Crippen molar-refractivity contribution in [2.45, 2.75) is 5.75 Å². The lowest BCUT2D eigenvalue weighted by Gasteiger charge is -2.08. The first-order valence-corrected chi connectivity index (χ1v) is 9.43. The molecule has 1 amide bonds. The predicted octanol–water partition coefficient (Wildman–Crippen LogP) is 3.34. The number of benzene rings is 2. The highest BCUT2D eigenvalue weighted by Gasteiger charge is 2.14. The Morgan fingerprint density at radius 3 is 2.39 bits per heavy atom. The van der Waals surface area contributed by atoms with Gasteiger partial charge in [0.1, 0.15) is 0 Å². The molecule has 0 aromatic heterocycles. The van der Waals surface area contributed by atoms with Gasteiger partial charge in [-0.05, 0) is 23.8 Å². The molecule has 0 spiro atoms. The first-order chi connectivity index (χ1) is 10.9. The van der Waals surface area contributed by atoms with Crippen LogP contribution in [0.3, 0.4) is 0 Å². The van der Waals surface area contributed by atoms with Crippen molar-refractivity contribution < 1.29 is 13.2 Å². The van der Waals surface area contributed by atoms with E-state index in [4.69, 9.17) is 23.2 Å². The molecule has 7 heteroatoms. The normalized spacial score (nSPS) is 11.2. The largest absolute Gasteiger partial charge is 0.351 e. The van der Waals surface area contributed by atoms with Gasteiger partial charge >= 0.3 is 0 Å². The summed E-state index contributed by atoms with van der Waals surface area (Å²) in [6.07, 6.45) is 0. The Balaban J connectivity index is 1.90. The van der Waals surface area contributed by atoms with Gasteiger partial charge in [0.2, 0.25) is 0 Å². The monoisotopic (exact) mass is 371 g/mol. The molecule has 0 saturated carbocycles. The molecule has 0 aliphatic rings. The summed E-state index contributed by atoms with van der Waals surface area (Å²) < 4.78 is 24.1.